The normalized spacial score (nSPS) is 11.9. The molecule has 1 rings (SSSR count). The molecule has 0 heterocycles. The molecule has 0 saturated carbocycles. The van der Waals surface area contributed by atoms with E-state index in [-0.39, 0.29) is 11.9 Å². The van der Waals surface area contributed by atoms with Gasteiger partial charge in [-0.15, -0.1) is 0 Å². The molecule has 3 N–H and O–H groups in total. The Hall–Kier alpha value is -1.71. The predicted molar refractivity (Wildman–Crippen MR) is 76.6 cm³/mol. The van der Waals surface area contributed by atoms with Crippen molar-refractivity contribution in [3.05, 3.63) is 24.3 Å². The van der Waals surface area contributed by atoms with E-state index in [1.807, 2.05) is 43.1 Å². The zero-order valence-corrected chi connectivity index (χ0v) is 11.4. The molecule has 4 nitrogen and oxygen atoms in total. The van der Waals surface area contributed by atoms with Crippen molar-refractivity contribution in [2.24, 2.45) is 0 Å². The molecule has 0 aliphatic heterocycles. The smallest absolute Gasteiger partial charge is 0.242 e. The average molecular weight is 249 g/mol. The number of anilines is 2. The van der Waals surface area contributed by atoms with E-state index in [0.717, 1.165) is 25.1 Å². The highest BCUT2D eigenvalue weighted by molar-refractivity contribution is 5.86. The number of carbonyl (C=O) groups excluding carboxylic acids is 1. The standard InChI is InChI=1S/C14H23N3O/c1-4-5-10-16-14(18)11(2)17(3)13-9-7-6-8-12(13)15/h6-9,11H,4-5,10,15H2,1-3H3,(H,16,18). The van der Waals surface area contributed by atoms with Crippen molar-refractivity contribution in [2.45, 2.75) is 32.7 Å². The second kappa shape index (κ2) is 6.89. The van der Waals surface area contributed by atoms with Gasteiger partial charge in [0.15, 0.2) is 0 Å². The molecule has 1 atom stereocenters. The monoisotopic (exact) mass is 249 g/mol. The van der Waals surface area contributed by atoms with Gasteiger partial charge in [-0.25, -0.2) is 0 Å². The quantitative estimate of drug-likeness (QED) is 0.599. The summed E-state index contributed by atoms with van der Waals surface area (Å²) in [5, 5.41) is 2.93. The van der Waals surface area contributed by atoms with Gasteiger partial charge < -0.3 is 16.0 Å². The Bertz CT molecular complexity index is 392. The molecule has 18 heavy (non-hydrogen) atoms. The molecule has 4 heteroatoms. The summed E-state index contributed by atoms with van der Waals surface area (Å²) < 4.78 is 0. The highest BCUT2D eigenvalue weighted by Gasteiger charge is 2.18. The van der Waals surface area contributed by atoms with Crippen molar-refractivity contribution in [3.8, 4) is 0 Å². The molecule has 1 aromatic rings. The zero-order chi connectivity index (χ0) is 13.5. The van der Waals surface area contributed by atoms with Gasteiger partial charge in [0, 0.05) is 13.6 Å². The summed E-state index contributed by atoms with van der Waals surface area (Å²) >= 11 is 0. The Morgan fingerprint density at radius 1 is 1.44 bits per heavy atom. The number of unbranched alkanes of at least 4 members (excludes halogenated alkanes) is 1. The van der Waals surface area contributed by atoms with Crippen LogP contribution in [0.1, 0.15) is 26.7 Å². The number of amides is 1. The third-order valence-electron chi connectivity index (χ3n) is 3.11. The minimum absolute atomic E-state index is 0.0363. The molecule has 0 bridgehead atoms. The highest BCUT2D eigenvalue weighted by Crippen LogP contribution is 2.22. The molecule has 1 unspecified atom stereocenters. The van der Waals surface area contributed by atoms with Crippen LogP contribution in [-0.4, -0.2) is 25.5 Å². The zero-order valence-electron chi connectivity index (χ0n) is 11.4. The number of rotatable bonds is 6. The molecule has 1 amide bonds. The number of nitrogens with two attached hydrogens (primary N) is 1. The number of nitrogens with one attached hydrogen (secondary N) is 1. The van der Waals surface area contributed by atoms with Crippen LogP contribution in [0.2, 0.25) is 0 Å². The van der Waals surface area contributed by atoms with Gasteiger partial charge in [-0.3, -0.25) is 4.79 Å². The van der Waals surface area contributed by atoms with E-state index in [0.29, 0.717) is 5.69 Å². The molecule has 0 aromatic heterocycles. The van der Waals surface area contributed by atoms with Gasteiger partial charge in [0.1, 0.15) is 6.04 Å². The van der Waals surface area contributed by atoms with Crippen molar-refractivity contribution in [3.63, 3.8) is 0 Å². The summed E-state index contributed by atoms with van der Waals surface area (Å²) in [7, 11) is 1.88. The number of para-hydroxylation sites is 2. The first-order valence-electron chi connectivity index (χ1n) is 6.43. The van der Waals surface area contributed by atoms with Gasteiger partial charge in [-0.1, -0.05) is 25.5 Å². The van der Waals surface area contributed by atoms with Crippen LogP contribution in [0.15, 0.2) is 24.3 Å². The number of likely N-dealkylation sites (N-methyl/N-ethyl adjacent to an activating group) is 1. The van der Waals surface area contributed by atoms with Crippen LogP contribution in [-0.2, 0) is 4.79 Å². The fraction of sp³-hybridized carbons (Fsp3) is 0.500. The van der Waals surface area contributed by atoms with E-state index in [2.05, 4.69) is 12.2 Å². The summed E-state index contributed by atoms with van der Waals surface area (Å²) in [6, 6.07) is 7.34. The van der Waals surface area contributed by atoms with Crippen LogP contribution >= 0.6 is 0 Å². The number of carbonyl (C=O) groups is 1. The Balaban J connectivity index is 2.63. The SMILES string of the molecule is CCCCNC(=O)C(C)N(C)c1ccccc1N. The van der Waals surface area contributed by atoms with Crippen LogP contribution in [0.4, 0.5) is 11.4 Å². The van der Waals surface area contributed by atoms with Crippen LogP contribution in [0.3, 0.4) is 0 Å². The first-order valence-corrected chi connectivity index (χ1v) is 6.43. The van der Waals surface area contributed by atoms with E-state index in [1.165, 1.54) is 0 Å². The van der Waals surface area contributed by atoms with Crippen molar-refractivity contribution in [2.75, 3.05) is 24.2 Å². The average Bonchev–Trinajstić information content (AvgIpc) is 2.38. The van der Waals surface area contributed by atoms with Crippen molar-refractivity contribution in [1.29, 1.82) is 0 Å². The lowest BCUT2D eigenvalue weighted by atomic mass is 10.2. The molecular weight excluding hydrogens is 226 g/mol. The number of nitrogens with zero attached hydrogens (tertiary/aromatic N) is 1. The van der Waals surface area contributed by atoms with Crippen LogP contribution < -0.4 is 16.0 Å². The van der Waals surface area contributed by atoms with Crippen molar-refractivity contribution >= 4 is 17.3 Å². The van der Waals surface area contributed by atoms with E-state index in [9.17, 15) is 4.79 Å². The number of hydrogen-bond donors (Lipinski definition) is 2. The molecule has 0 saturated heterocycles. The first-order chi connectivity index (χ1) is 8.57. The Morgan fingerprint density at radius 3 is 2.72 bits per heavy atom. The third-order valence-corrected chi connectivity index (χ3v) is 3.11. The summed E-state index contributed by atoms with van der Waals surface area (Å²) in [4.78, 5) is 13.8. The third kappa shape index (κ3) is 3.65. The van der Waals surface area contributed by atoms with Crippen LogP contribution in [0, 0.1) is 0 Å². The molecule has 0 spiro atoms. The molecular formula is C14H23N3O. The van der Waals surface area contributed by atoms with Crippen LogP contribution in [0.25, 0.3) is 0 Å². The molecule has 0 fully saturated rings. The Labute approximate surface area is 109 Å². The maximum absolute atomic E-state index is 12.0. The van der Waals surface area contributed by atoms with Crippen molar-refractivity contribution in [1.82, 2.24) is 5.32 Å². The number of benzene rings is 1. The summed E-state index contributed by atoms with van der Waals surface area (Å²) in [6.07, 6.45) is 2.09. The lowest BCUT2D eigenvalue weighted by molar-refractivity contribution is -0.122. The number of nitrogen functional groups attached to an aromatic ring is 1. The maximum Gasteiger partial charge on any atom is 0.242 e. The fourth-order valence-corrected chi connectivity index (χ4v) is 1.73. The van der Waals surface area contributed by atoms with Gasteiger partial charge in [0.25, 0.3) is 0 Å². The summed E-state index contributed by atoms with van der Waals surface area (Å²) in [6.45, 7) is 4.72. The lowest BCUT2D eigenvalue weighted by Gasteiger charge is -2.27. The molecule has 0 aliphatic carbocycles. The Kier molecular flexibility index (Phi) is 5.49. The topological polar surface area (TPSA) is 58.4 Å². The van der Waals surface area contributed by atoms with E-state index in [1.54, 1.807) is 0 Å². The predicted octanol–water partition coefficient (Wildman–Crippen LogP) is 2.01. The summed E-state index contributed by atoms with van der Waals surface area (Å²) in [5.74, 6) is 0.0363. The fourth-order valence-electron chi connectivity index (χ4n) is 1.73. The van der Waals surface area contributed by atoms with Gasteiger partial charge in [-0.2, -0.15) is 0 Å². The van der Waals surface area contributed by atoms with E-state index < -0.39 is 0 Å². The lowest BCUT2D eigenvalue weighted by Crippen LogP contribution is -2.43. The van der Waals surface area contributed by atoms with Crippen LogP contribution in [0.5, 0.6) is 0 Å². The minimum atomic E-state index is -0.230. The molecule has 100 valence electrons. The minimum Gasteiger partial charge on any atom is -0.397 e. The second-order valence-corrected chi connectivity index (χ2v) is 4.49. The maximum atomic E-state index is 12.0. The largest absolute Gasteiger partial charge is 0.397 e. The highest BCUT2D eigenvalue weighted by atomic mass is 16.2. The van der Waals surface area contributed by atoms with E-state index >= 15 is 0 Å². The first kappa shape index (κ1) is 14.4. The molecule has 0 aliphatic rings. The number of hydrogen-bond acceptors (Lipinski definition) is 3. The summed E-state index contributed by atoms with van der Waals surface area (Å²) in [5.41, 5.74) is 7.48. The van der Waals surface area contributed by atoms with Gasteiger partial charge in [0.2, 0.25) is 5.91 Å². The molecule has 1 aromatic carbocycles. The van der Waals surface area contributed by atoms with E-state index in [4.69, 9.17) is 5.73 Å². The van der Waals surface area contributed by atoms with Gasteiger partial charge in [0.05, 0.1) is 11.4 Å². The Morgan fingerprint density at radius 2 is 2.11 bits per heavy atom. The van der Waals surface area contributed by atoms with Gasteiger partial charge >= 0.3 is 0 Å². The van der Waals surface area contributed by atoms with Crippen molar-refractivity contribution < 1.29 is 4.79 Å². The van der Waals surface area contributed by atoms with Gasteiger partial charge in [-0.05, 0) is 25.5 Å². The second-order valence-electron chi connectivity index (χ2n) is 4.49. The molecule has 0 radical (unpaired) electrons.